The first-order chi connectivity index (χ1) is 11.5. The fourth-order valence-electron chi connectivity index (χ4n) is 2.97. The van der Waals surface area contributed by atoms with E-state index < -0.39 is 0 Å². The summed E-state index contributed by atoms with van der Waals surface area (Å²) in [5.74, 6) is 1.51. The molecule has 1 fully saturated rings. The van der Waals surface area contributed by atoms with Gasteiger partial charge >= 0.3 is 0 Å². The van der Waals surface area contributed by atoms with Crippen molar-refractivity contribution in [2.24, 2.45) is 0 Å². The van der Waals surface area contributed by atoms with Gasteiger partial charge in [0.25, 0.3) is 0 Å². The second-order valence-electron chi connectivity index (χ2n) is 7.06. The summed E-state index contributed by atoms with van der Waals surface area (Å²) in [6.07, 6.45) is 1.35. The minimum absolute atomic E-state index is 0.257. The Morgan fingerprint density at radius 3 is 2.62 bits per heavy atom. The summed E-state index contributed by atoms with van der Waals surface area (Å²) in [5.41, 5.74) is 2.80. The van der Waals surface area contributed by atoms with Crippen LogP contribution >= 0.6 is 0 Å². The molecule has 5 nitrogen and oxygen atoms in total. The lowest BCUT2D eigenvalue weighted by Gasteiger charge is -2.42. The summed E-state index contributed by atoms with van der Waals surface area (Å²) in [7, 11) is 0. The van der Waals surface area contributed by atoms with Crippen LogP contribution in [-0.4, -0.2) is 40.3 Å². The highest BCUT2D eigenvalue weighted by atomic mass is 16.5. The Morgan fingerprint density at radius 2 is 1.96 bits per heavy atom. The number of hydrogen-bond acceptors (Lipinski definition) is 5. The molecule has 1 atom stereocenters. The van der Waals surface area contributed by atoms with Crippen molar-refractivity contribution in [2.45, 2.75) is 58.8 Å². The molecule has 3 rings (SSSR count). The van der Waals surface area contributed by atoms with Gasteiger partial charge in [-0.1, -0.05) is 38.1 Å². The zero-order chi connectivity index (χ0) is 17.1. The minimum Gasteiger partial charge on any atom is -0.422 e. The van der Waals surface area contributed by atoms with Crippen LogP contribution in [0.15, 0.2) is 28.7 Å². The van der Waals surface area contributed by atoms with E-state index in [-0.39, 0.29) is 12.0 Å². The fraction of sp³-hybridized carbons (Fsp3) is 0.579. The molecule has 130 valence electrons. The van der Waals surface area contributed by atoms with Crippen LogP contribution in [0.1, 0.15) is 49.6 Å². The molecule has 0 amide bonds. The number of nitrogens with zero attached hydrogens (tertiary/aromatic N) is 3. The van der Waals surface area contributed by atoms with Gasteiger partial charge in [-0.25, -0.2) is 0 Å². The Labute approximate surface area is 144 Å². The van der Waals surface area contributed by atoms with Crippen LogP contribution in [0.3, 0.4) is 0 Å². The summed E-state index contributed by atoms with van der Waals surface area (Å²) in [5, 5.41) is 8.06. The number of hydrogen-bond donors (Lipinski definition) is 0. The van der Waals surface area contributed by atoms with Gasteiger partial charge in [0.15, 0.2) is 0 Å². The van der Waals surface area contributed by atoms with Crippen LogP contribution in [-0.2, 0) is 17.8 Å². The lowest BCUT2D eigenvalue weighted by molar-refractivity contribution is -0.0814. The predicted molar refractivity (Wildman–Crippen MR) is 92.9 cm³/mol. The van der Waals surface area contributed by atoms with Gasteiger partial charge in [0, 0.05) is 25.0 Å². The molecule has 24 heavy (non-hydrogen) atoms. The Bertz CT molecular complexity index is 662. The highest BCUT2D eigenvalue weighted by Gasteiger charge is 2.31. The first-order valence-corrected chi connectivity index (χ1v) is 8.75. The van der Waals surface area contributed by atoms with E-state index in [4.69, 9.17) is 9.15 Å². The molecule has 1 aromatic heterocycles. The Kier molecular flexibility index (Phi) is 5.31. The van der Waals surface area contributed by atoms with E-state index in [1.54, 1.807) is 0 Å². The monoisotopic (exact) mass is 329 g/mol. The van der Waals surface area contributed by atoms with Crippen molar-refractivity contribution in [3.8, 4) is 0 Å². The highest BCUT2D eigenvalue weighted by Crippen LogP contribution is 2.21. The maximum atomic E-state index is 5.87. The third-order valence-electron chi connectivity index (χ3n) is 4.70. The van der Waals surface area contributed by atoms with Gasteiger partial charge in [0.2, 0.25) is 11.8 Å². The summed E-state index contributed by atoms with van der Waals surface area (Å²) >= 11 is 0. The second kappa shape index (κ2) is 7.45. The van der Waals surface area contributed by atoms with E-state index in [9.17, 15) is 0 Å². The number of ether oxygens (including phenoxy) is 1. The number of aryl methyl sites for hydroxylation is 1. The molecule has 0 spiro atoms. The van der Waals surface area contributed by atoms with E-state index in [1.165, 1.54) is 11.1 Å². The van der Waals surface area contributed by atoms with Crippen molar-refractivity contribution >= 4 is 0 Å². The third-order valence-corrected chi connectivity index (χ3v) is 4.70. The van der Waals surface area contributed by atoms with E-state index >= 15 is 0 Å². The molecule has 1 unspecified atom stereocenters. The minimum atomic E-state index is 0.257. The van der Waals surface area contributed by atoms with Crippen LogP contribution in [0.4, 0.5) is 0 Å². The van der Waals surface area contributed by atoms with Crippen molar-refractivity contribution < 1.29 is 9.15 Å². The maximum absolute atomic E-state index is 5.87. The van der Waals surface area contributed by atoms with Crippen molar-refractivity contribution in [3.05, 3.63) is 47.2 Å². The van der Waals surface area contributed by atoms with Gasteiger partial charge < -0.3 is 9.15 Å². The number of benzene rings is 1. The number of rotatable bonds is 7. The third kappa shape index (κ3) is 4.02. The average molecular weight is 329 g/mol. The van der Waals surface area contributed by atoms with E-state index in [2.05, 4.69) is 53.2 Å². The molecule has 0 saturated carbocycles. The molecule has 0 N–H and O–H groups in total. The van der Waals surface area contributed by atoms with Crippen LogP contribution in [0, 0.1) is 6.92 Å². The summed E-state index contributed by atoms with van der Waals surface area (Å²) in [6.45, 7) is 10.9. The molecule has 1 saturated heterocycles. The predicted octanol–water partition coefficient (Wildman–Crippen LogP) is 3.33. The van der Waals surface area contributed by atoms with E-state index in [0.29, 0.717) is 24.4 Å². The smallest absolute Gasteiger partial charge is 0.242 e. The van der Waals surface area contributed by atoms with Gasteiger partial charge in [-0.3, -0.25) is 4.90 Å². The van der Waals surface area contributed by atoms with Gasteiger partial charge in [-0.05, 0) is 31.4 Å². The highest BCUT2D eigenvalue weighted by molar-refractivity contribution is 5.26. The normalized spacial score (nSPS) is 17.2. The van der Waals surface area contributed by atoms with Gasteiger partial charge in [0.1, 0.15) is 6.61 Å². The molecule has 0 aliphatic carbocycles. The quantitative estimate of drug-likeness (QED) is 0.780. The van der Waals surface area contributed by atoms with Crippen molar-refractivity contribution in [3.63, 3.8) is 0 Å². The average Bonchev–Trinajstić information content (AvgIpc) is 2.97. The Morgan fingerprint density at radius 1 is 1.21 bits per heavy atom. The largest absolute Gasteiger partial charge is 0.422 e. The topological polar surface area (TPSA) is 51.4 Å². The number of aromatic nitrogens is 2. The molecule has 1 aliphatic heterocycles. The second-order valence-corrected chi connectivity index (χ2v) is 7.06. The van der Waals surface area contributed by atoms with Crippen LogP contribution in [0.25, 0.3) is 0 Å². The van der Waals surface area contributed by atoms with E-state index in [0.717, 1.165) is 19.5 Å². The summed E-state index contributed by atoms with van der Waals surface area (Å²) < 4.78 is 11.4. The lowest BCUT2D eigenvalue weighted by atomic mass is 9.98. The van der Waals surface area contributed by atoms with Crippen molar-refractivity contribution in [1.29, 1.82) is 0 Å². The maximum Gasteiger partial charge on any atom is 0.242 e. The Hall–Kier alpha value is -1.72. The fourth-order valence-corrected chi connectivity index (χ4v) is 2.97. The van der Waals surface area contributed by atoms with Crippen molar-refractivity contribution in [1.82, 2.24) is 15.1 Å². The van der Waals surface area contributed by atoms with Crippen LogP contribution < -0.4 is 0 Å². The molecule has 0 bridgehead atoms. The molecule has 0 radical (unpaired) electrons. The first kappa shape index (κ1) is 17.1. The summed E-state index contributed by atoms with van der Waals surface area (Å²) in [4.78, 5) is 2.46. The zero-order valence-electron chi connectivity index (χ0n) is 15.0. The Balaban J connectivity index is 1.41. The zero-order valence-corrected chi connectivity index (χ0v) is 15.0. The van der Waals surface area contributed by atoms with Crippen LogP contribution in [0.2, 0.25) is 0 Å². The van der Waals surface area contributed by atoms with Gasteiger partial charge in [0.05, 0.1) is 6.10 Å². The number of likely N-dealkylation sites (tertiary alicyclic amines) is 1. The molecule has 1 aliphatic rings. The van der Waals surface area contributed by atoms with Crippen LogP contribution in [0.5, 0.6) is 0 Å². The molecule has 5 heteroatoms. The first-order valence-electron chi connectivity index (χ1n) is 8.75. The van der Waals surface area contributed by atoms with Gasteiger partial charge in [-0.2, -0.15) is 0 Å². The summed E-state index contributed by atoms with van der Waals surface area (Å²) in [6, 6.07) is 9.15. The molecule has 1 aromatic carbocycles. The molecular weight excluding hydrogens is 302 g/mol. The molecule has 2 heterocycles. The molecule has 2 aromatic rings. The SMILES string of the molecule is Cc1ccccc1CC(C)N1CC(OCc2nnc(C(C)C)o2)C1. The molecular formula is C19H27N3O2. The van der Waals surface area contributed by atoms with Gasteiger partial charge in [-0.15, -0.1) is 10.2 Å². The standard InChI is InChI=1S/C19H27N3O2/c1-13(2)19-21-20-18(24-19)12-23-17-10-22(11-17)15(4)9-16-8-6-5-7-14(16)3/h5-8,13,15,17H,9-12H2,1-4H3. The van der Waals surface area contributed by atoms with Crippen molar-refractivity contribution in [2.75, 3.05) is 13.1 Å². The van der Waals surface area contributed by atoms with E-state index in [1.807, 2.05) is 13.8 Å². The lowest BCUT2D eigenvalue weighted by Crippen LogP contribution is -2.56.